The molecule has 0 bridgehead atoms. The molecule has 1 fully saturated rings. The summed E-state index contributed by atoms with van der Waals surface area (Å²) < 4.78 is 11.7. The zero-order chi connectivity index (χ0) is 27.1. The average Bonchev–Trinajstić information content (AvgIpc) is 3.56. The molecule has 8 heteroatoms. The lowest BCUT2D eigenvalue weighted by atomic mass is 9.95. The maximum absolute atomic E-state index is 14.1. The molecule has 202 valence electrons. The van der Waals surface area contributed by atoms with E-state index in [1.54, 1.807) is 20.8 Å². The zero-order valence-corrected chi connectivity index (χ0v) is 23.2. The minimum absolute atomic E-state index is 0.224. The van der Waals surface area contributed by atoms with Gasteiger partial charge in [-0.15, -0.1) is 0 Å². The molecule has 0 saturated carbocycles. The summed E-state index contributed by atoms with van der Waals surface area (Å²) in [7, 11) is 0. The molecule has 0 radical (unpaired) electrons. The van der Waals surface area contributed by atoms with Gasteiger partial charge in [0.15, 0.2) is 11.9 Å². The number of aryl methyl sites for hydroxylation is 1. The number of ether oxygens (including phenoxy) is 2. The van der Waals surface area contributed by atoms with Crippen molar-refractivity contribution in [3.05, 3.63) is 71.9 Å². The fourth-order valence-electron chi connectivity index (χ4n) is 4.72. The molecule has 7 nitrogen and oxygen atoms in total. The first-order chi connectivity index (χ1) is 18.2. The van der Waals surface area contributed by atoms with Crippen LogP contribution in [0, 0.1) is 0 Å². The Kier molecular flexibility index (Phi) is 9.05. The molecule has 1 saturated heterocycles. The molecule has 3 aromatic rings. The van der Waals surface area contributed by atoms with Crippen molar-refractivity contribution >= 4 is 40.2 Å². The van der Waals surface area contributed by atoms with Crippen molar-refractivity contribution in [2.75, 3.05) is 13.1 Å². The van der Waals surface area contributed by atoms with E-state index in [-0.39, 0.29) is 5.78 Å². The Morgan fingerprint density at radius 1 is 1.05 bits per heavy atom. The van der Waals surface area contributed by atoms with Crippen molar-refractivity contribution in [2.24, 2.45) is 0 Å². The molecule has 4 rings (SSSR count). The van der Waals surface area contributed by atoms with Gasteiger partial charge in [-0.05, 0) is 75.9 Å². The van der Waals surface area contributed by atoms with Crippen LogP contribution in [-0.4, -0.2) is 57.8 Å². The number of fused-ring (bicyclic) bond motifs is 1. The summed E-state index contributed by atoms with van der Waals surface area (Å²) >= 11 is 5.60. The Morgan fingerprint density at radius 2 is 1.74 bits per heavy atom. The number of carbonyl (C=O) groups is 2. The fourth-order valence-corrected chi connectivity index (χ4v) is 5.01. The monoisotopic (exact) mass is 535 g/mol. The zero-order valence-electron chi connectivity index (χ0n) is 22.4. The van der Waals surface area contributed by atoms with Crippen molar-refractivity contribution in [3.63, 3.8) is 0 Å². The Labute approximate surface area is 229 Å². The number of alkyl carbamates (subject to hydrolysis) is 1. The quantitative estimate of drug-likeness (QED) is 0.349. The van der Waals surface area contributed by atoms with Crippen LogP contribution in [0.5, 0.6) is 0 Å². The van der Waals surface area contributed by atoms with Crippen LogP contribution in [0.3, 0.4) is 0 Å². The molecule has 2 aromatic carbocycles. The summed E-state index contributed by atoms with van der Waals surface area (Å²) in [6.45, 7) is 7.04. The number of ketones is 1. The number of likely N-dealkylation sites (tertiary alicyclic amines) is 1. The molecule has 0 spiro atoms. The average molecular weight is 536 g/mol. The van der Waals surface area contributed by atoms with Crippen LogP contribution in [0.1, 0.15) is 51.2 Å². The van der Waals surface area contributed by atoms with Crippen LogP contribution in [-0.2, 0) is 27.1 Å². The van der Waals surface area contributed by atoms with Gasteiger partial charge in [0.1, 0.15) is 5.60 Å². The number of amides is 1. The molecule has 38 heavy (non-hydrogen) atoms. The SMILES string of the molecule is CC(C)(C)OC(=O)N[C@@H](Cc1c[nH]c2ccccc12)C(=O)[C@@H](CCc1ccccc1)OC(=S)N1CCCC1. The number of aromatic amines is 1. The first-order valence-corrected chi connectivity index (χ1v) is 13.7. The van der Waals surface area contributed by atoms with E-state index in [1.165, 1.54) is 0 Å². The minimum atomic E-state index is -0.855. The van der Waals surface area contributed by atoms with Crippen molar-refractivity contribution in [1.82, 2.24) is 15.2 Å². The van der Waals surface area contributed by atoms with E-state index >= 15 is 0 Å². The molecular weight excluding hydrogens is 498 g/mol. The molecule has 2 N–H and O–H groups in total. The molecular formula is C30H37N3O4S. The lowest BCUT2D eigenvalue weighted by molar-refractivity contribution is -0.129. The third-order valence-electron chi connectivity index (χ3n) is 6.60. The van der Waals surface area contributed by atoms with Gasteiger partial charge in [-0.25, -0.2) is 4.79 Å². The van der Waals surface area contributed by atoms with Crippen LogP contribution >= 0.6 is 12.2 Å². The van der Waals surface area contributed by atoms with E-state index in [2.05, 4.69) is 10.3 Å². The van der Waals surface area contributed by atoms with E-state index < -0.39 is 23.8 Å². The lowest BCUT2D eigenvalue weighted by Gasteiger charge is -2.28. The van der Waals surface area contributed by atoms with Gasteiger partial charge in [0.2, 0.25) is 0 Å². The minimum Gasteiger partial charge on any atom is -0.459 e. The summed E-state index contributed by atoms with van der Waals surface area (Å²) in [5.41, 5.74) is 2.31. The highest BCUT2D eigenvalue weighted by atomic mass is 32.1. The summed E-state index contributed by atoms with van der Waals surface area (Å²) in [5, 5.41) is 4.19. The number of rotatable bonds is 9. The van der Waals surface area contributed by atoms with Gasteiger partial charge < -0.3 is 24.7 Å². The van der Waals surface area contributed by atoms with Crippen molar-refractivity contribution in [2.45, 2.75) is 70.6 Å². The predicted molar refractivity (Wildman–Crippen MR) is 153 cm³/mol. The summed E-state index contributed by atoms with van der Waals surface area (Å²) in [5.74, 6) is -0.224. The summed E-state index contributed by atoms with van der Waals surface area (Å²) in [6, 6.07) is 17.0. The molecule has 0 aliphatic carbocycles. The first-order valence-electron chi connectivity index (χ1n) is 13.3. The maximum Gasteiger partial charge on any atom is 0.408 e. The van der Waals surface area contributed by atoms with Gasteiger partial charge in [-0.2, -0.15) is 0 Å². The summed E-state index contributed by atoms with van der Waals surface area (Å²) in [4.78, 5) is 32.2. The molecule has 1 aliphatic rings. The van der Waals surface area contributed by atoms with Gasteiger partial charge in [0.05, 0.1) is 6.04 Å². The highest BCUT2D eigenvalue weighted by Crippen LogP contribution is 2.22. The van der Waals surface area contributed by atoms with Crippen molar-refractivity contribution in [3.8, 4) is 0 Å². The van der Waals surface area contributed by atoms with Crippen molar-refractivity contribution < 1.29 is 19.1 Å². The topological polar surface area (TPSA) is 83.7 Å². The second-order valence-corrected chi connectivity index (χ2v) is 11.1. The third kappa shape index (κ3) is 7.57. The fraction of sp³-hybridized carbons (Fsp3) is 0.433. The maximum atomic E-state index is 14.1. The number of para-hydroxylation sites is 1. The standard InChI is InChI=1S/C30H37N3O4S/c1-30(2,3)37-28(35)32-25(19-22-20-31-24-14-8-7-13-23(22)24)27(34)26(16-15-21-11-5-4-6-12-21)36-29(38)33-17-9-10-18-33/h4-8,11-14,20,25-26,31H,9-10,15-19H2,1-3H3,(H,32,35)/t25-,26+/m0/s1. The van der Waals surface area contributed by atoms with E-state index in [0.29, 0.717) is 24.4 Å². The van der Waals surface area contributed by atoms with Gasteiger partial charge >= 0.3 is 6.09 Å². The van der Waals surface area contributed by atoms with Crippen LogP contribution in [0.2, 0.25) is 0 Å². The van der Waals surface area contributed by atoms with E-state index in [0.717, 1.165) is 48.0 Å². The number of H-pyrrole nitrogens is 1. The number of hydrogen-bond acceptors (Lipinski definition) is 5. The van der Waals surface area contributed by atoms with Gasteiger partial charge in [0.25, 0.3) is 5.17 Å². The Bertz CT molecular complexity index is 1250. The van der Waals surface area contributed by atoms with E-state index in [1.807, 2.05) is 65.7 Å². The van der Waals surface area contributed by atoms with Gasteiger partial charge in [0, 0.05) is 36.6 Å². The van der Waals surface area contributed by atoms with Crippen LogP contribution in [0.25, 0.3) is 10.9 Å². The first kappa shape index (κ1) is 27.6. The molecule has 2 heterocycles. The van der Waals surface area contributed by atoms with Crippen molar-refractivity contribution in [1.29, 1.82) is 0 Å². The number of nitrogens with zero attached hydrogens (tertiary/aromatic N) is 1. The second-order valence-electron chi connectivity index (χ2n) is 10.8. The largest absolute Gasteiger partial charge is 0.459 e. The lowest BCUT2D eigenvalue weighted by Crippen LogP contribution is -2.50. The third-order valence-corrected chi connectivity index (χ3v) is 6.95. The number of nitrogens with one attached hydrogen (secondary N) is 2. The number of hydrogen-bond donors (Lipinski definition) is 2. The predicted octanol–water partition coefficient (Wildman–Crippen LogP) is 5.57. The smallest absolute Gasteiger partial charge is 0.408 e. The Hall–Kier alpha value is -3.39. The number of Topliss-reactive ketones (excluding diaryl/α,β-unsaturated/α-hetero) is 1. The van der Waals surface area contributed by atoms with E-state index in [4.69, 9.17) is 21.7 Å². The second kappa shape index (κ2) is 12.4. The number of aromatic nitrogens is 1. The molecule has 1 aliphatic heterocycles. The Morgan fingerprint density at radius 3 is 2.45 bits per heavy atom. The van der Waals surface area contributed by atoms with Crippen LogP contribution < -0.4 is 5.32 Å². The normalized spacial score (nSPS) is 15.2. The Balaban J connectivity index is 1.59. The van der Waals surface area contributed by atoms with Gasteiger partial charge in [-0.3, -0.25) is 4.79 Å². The van der Waals surface area contributed by atoms with Gasteiger partial charge in [-0.1, -0.05) is 48.5 Å². The molecule has 1 amide bonds. The van der Waals surface area contributed by atoms with E-state index in [9.17, 15) is 9.59 Å². The molecule has 0 unspecified atom stereocenters. The summed E-state index contributed by atoms with van der Waals surface area (Å²) in [6.07, 6.45) is 3.92. The molecule has 2 atom stereocenters. The number of thiocarbonyl (C=S) groups is 1. The van der Waals surface area contributed by atoms with Crippen LogP contribution in [0.15, 0.2) is 60.8 Å². The van der Waals surface area contributed by atoms with Crippen LogP contribution in [0.4, 0.5) is 4.79 Å². The number of benzene rings is 2. The number of carbonyl (C=O) groups excluding carboxylic acids is 2. The highest BCUT2D eigenvalue weighted by molar-refractivity contribution is 7.80. The molecule has 1 aromatic heterocycles. The highest BCUT2D eigenvalue weighted by Gasteiger charge is 2.33.